The van der Waals surface area contributed by atoms with Crippen molar-refractivity contribution in [3.8, 4) is 0 Å². The molecule has 1 aromatic rings. The zero-order valence-corrected chi connectivity index (χ0v) is 14.3. The van der Waals surface area contributed by atoms with Gasteiger partial charge in [0.25, 0.3) is 0 Å². The first-order valence-corrected chi connectivity index (χ1v) is 8.13. The van der Waals surface area contributed by atoms with Gasteiger partial charge < -0.3 is 4.74 Å². The van der Waals surface area contributed by atoms with Gasteiger partial charge in [0.15, 0.2) is 0 Å². The first kappa shape index (κ1) is 18.6. The van der Waals surface area contributed by atoms with Gasteiger partial charge in [0.05, 0.1) is 13.2 Å². The highest BCUT2D eigenvalue weighted by Gasteiger charge is 2.11. The number of thiol groups is 1. The molecule has 1 aliphatic rings. The molecule has 21 heavy (non-hydrogen) atoms. The zero-order valence-electron chi connectivity index (χ0n) is 11.9. The highest BCUT2D eigenvalue weighted by molar-refractivity contribution is 7.79. The molecule has 0 radical (unpaired) electrons. The van der Waals surface area contributed by atoms with Gasteiger partial charge in [-0.15, -0.1) is 0 Å². The van der Waals surface area contributed by atoms with E-state index in [9.17, 15) is 4.79 Å². The number of carbonyl (C=O) groups is 1. The number of carbonyl (C=O) groups excluding carboxylic acids is 1. The third kappa shape index (κ3) is 6.89. The molecule has 0 atom stereocenters. The van der Waals surface area contributed by atoms with Crippen LogP contribution in [0.2, 0.25) is 10.0 Å². The molecule has 0 bridgehead atoms. The molecule has 0 aliphatic carbocycles. The van der Waals surface area contributed by atoms with Crippen LogP contribution in [0.1, 0.15) is 18.9 Å². The second kappa shape index (κ2) is 10.3. The summed E-state index contributed by atoms with van der Waals surface area (Å²) in [5.41, 5.74) is 3.68. The van der Waals surface area contributed by atoms with E-state index in [0.717, 1.165) is 18.7 Å². The molecule has 1 amide bonds. The molecule has 7 heteroatoms. The van der Waals surface area contributed by atoms with Gasteiger partial charge in [0, 0.05) is 35.3 Å². The summed E-state index contributed by atoms with van der Waals surface area (Å²) in [4.78, 5) is 10.9. The van der Waals surface area contributed by atoms with Crippen molar-refractivity contribution >= 4 is 41.7 Å². The Morgan fingerprint density at radius 2 is 1.90 bits per heavy atom. The summed E-state index contributed by atoms with van der Waals surface area (Å²) in [6, 6.07) is 5.43. The van der Waals surface area contributed by atoms with E-state index in [1.54, 1.807) is 12.1 Å². The van der Waals surface area contributed by atoms with Crippen molar-refractivity contribution in [1.29, 1.82) is 0 Å². The average Bonchev–Trinajstić information content (AvgIpc) is 2.49. The van der Waals surface area contributed by atoms with Crippen LogP contribution < -0.4 is 5.43 Å². The normalized spacial score (nSPS) is 15.0. The Kier molecular flexibility index (Phi) is 9.11. The predicted molar refractivity (Wildman–Crippen MR) is 90.0 cm³/mol. The second-order valence-corrected chi connectivity index (χ2v) is 5.48. The van der Waals surface area contributed by atoms with Gasteiger partial charge in [-0.2, -0.15) is 12.6 Å². The molecule has 118 valence electrons. The molecule has 0 aromatic heterocycles. The van der Waals surface area contributed by atoms with E-state index in [1.165, 1.54) is 0 Å². The maximum atomic E-state index is 10.9. The molecule has 0 saturated carbocycles. The summed E-state index contributed by atoms with van der Waals surface area (Å²) in [6.45, 7) is 4.86. The van der Waals surface area contributed by atoms with E-state index >= 15 is 0 Å². The molecule has 1 saturated heterocycles. The largest absolute Gasteiger partial charge is 0.379 e. The summed E-state index contributed by atoms with van der Waals surface area (Å²) < 4.78 is 5.12. The Morgan fingerprint density at radius 3 is 2.33 bits per heavy atom. The van der Waals surface area contributed by atoms with E-state index < -0.39 is 0 Å². The van der Waals surface area contributed by atoms with Crippen LogP contribution in [0.4, 0.5) is 0 Å². The monoisotopic (exact) mass is 350 g/mol. The highest BCUT2D eigenvalue weighted by Crippen LogP contribution is 2.25. The molecule has 1 heterocycles. The fourth-order valence-corrected chi connectivity index (χ4v) is 2.67. The number of nitrogens with zero attached hydrogens (tertiary/aromatic N) is 1. The van der Waals surface area contributed by atoms with Crippen LogP contribution in [0.5, 0.6) is 0 Å². The topological polar surface area (TPSA) is 41.6 Å². The van der Waals surface area contributed by atoms with Crippen LogP contribution in [-0.2, 0) is 15.3 Å². The van der Waals surface area contributed by atoms with Gasteiger partial charge in [0.1, 0.15) is 0 Å². The van der Waals surface area contributed by atoms with Gasteiger partial charge in [-0.1, -0.05) is 36.2 Å². The van der Waals surface area contributed by atoms with Crippen molar-refractivity contribution in [2.24, 2.45) is 0 Å². The standard InChI is InChI=1S/C7H6Cl2S.C7H14N2O2/c8-6-2-1-3-7(9)5(6)4-10;1-2-7(10)8-9-3-5-11-6-4-9/h1-3,10H,4H2;2-6H2,1H3,(H,8,10). The summed E-state index contributed by atoms with van der Waals surface area (Å²) >= 11 is 15.7. The van der Waals surface area contributed by atoms with Gasteiger partial charge in [-0.3, -0.25) is 10.2 Å². The molecule has 1 aromatic carbocycles. The number of benzene rings is 1. The maximum Gasteiger partial charge on any atom is 0.233 e. The quantitative estimate of drug-likeness (QED) is 0.822. The molecule has 1 fully saturated rings. The number of rotatable bonds is 3. The summed E-state index contributed by atoms with van der Waals surface area (Å²) in [6.07, 6.45) is 0.539. The SMILES string of the molecule is CCC(=O)NN1CCOCC1.SCc1c(Cl)cccc1Cl. The summed E-state index contributed by atoms with van der Waals surface area (Å²) in [7, 11) is 0. The molecular formula is C14H20Cl2N2O2S. The molecular weight excluding hydrogens is 331 g/mol. The van der Waals surface area contributed by atoms with Crippen molar-refractivity contribution in [2.45, 2.75) is 19.1 Å². The van der Waals surface area contributed by atoms with Crippen molar-refractivity contribution < 1.29 is 9.53 Å². The molecule has 1 aliphatic heterocycles. The second-order valence-electron chi connectivity index (χ2n) is 4.35. The lowest BCUT2D eigenvalue weighted by Gasteiger charge is -2.26. The minimum atomic E-state index is 0.0758. The maximum absolute atomic E-state index is 10.9. The third-order valence-electron chi connectivity index (χ3n) is 2.83. The Labute approximate surface area is 141 Å². The number of hydrogen-bond acceptors (Lipinski definition) is 4. The summed E-state index contributed by atoms with van der Waals surface area (Å²) in [5, 5.41) is 3.26. The lowest BCUT2D eigenvalue weighted by molar-refractivity contribution is -0.127. The molecule has 1 N–H and O–H groups in total. The number of morpholine rings is 1. The Hall–Kier alpha value is -0.460. The van der Waals surface area contributed by atoms with E-state index in [1.807, 2.05) is 18.0 Å². The minimum absolute atomic E-state index is 0.0758. The fourth-order valence-electron chi connectivity index (χ4n) is 1.61. The van der Waals surface area contributed by atoms with E-state index in [4.69, 9.17) is 27.9 Å². The first-order valence-electron chi connectivity index (χ1n) is 6.74. The van der Waals surface area contributed by atoms with Crippen LogP contribution >= 0.6 is 35.8 Å². The fraction of sp³-hybridized carbons (Fsp3) is 0.500. The third-order valence-corrected chi connectivity index (χ3v) is 3.86. The van der Waals surface area contributed by atoms with Crippen molar-refractivity contribution in [3.05, 3.63) is 33.8 Å². The molecule has 0 unspecified atom stereocenters. The van der Waals surface area contributed by atoms with Crippen LogP contribution in [-0.4, -0.2) is 37.2 Å². The molecule has 0 spiro atoms. The average molecular weight is 351 g/mol. The predicted octanol–water partition coefficient (Wildman–Crippen LogP) is 3.18. The molecule has 4 nitrogen and oxygen atoms in total. The number of hydrazine groups is 1. The number of halogens is 2. The Bertz CT molecular complexity index is 434. The number of ether oxygens (including phenoxy) is 1. The highest BCUT2D eigenvalue weighted by atomic mass is 35.5. The van der Waals surface area contributed by atoms with Gasteiger partial charge in [-0.25, -0.2) is 5.01 Å². The lowest BCUT2D eigenvalue weighted by atomic mass is 10.2. The molecule has 2 rings (SSSR count). The zero-order chi connectivity index (χ0) is 15.7. The minimum Gasteiger partial charge on any atom is -0.379 e. The van der Waals surface area contributed by atoms with Crippen molar-refractivity contribution in [1.82, 2.24) is 10.4 Å². The first-order chi connectivity index (χ1) is 10.1. The van der Waals surface area contributed by atoms with Gasteiger partial charge in [0.2, 0.25) is 5.91 Å². The van der Waals surface area contributed by atoms with E-state index in [-0.39, 0.29) is 5.91 Å². The van der Waals surface area contributed by atoms with E-state index in [0.29, 0.717) is 35.4 Å². The van der Waals surface area contributed by atoms with Gasteiger partial charge >= 0.3 is 0 Å². The van der Waals surface area contributed by atoms with Crippen LogP contribution in [0.3, 0.4) is 0 Å². The number of nitrogens with one attached hydrogen (secondary N) is 1. The smallest absolute Gasteiger partial charge is 0.233 e. The van der Waals surface area contributed by atoms with Crippen LogP contribution in [0, 0.1) is 0 Å². The van der Waals surface area contributed by atoms with Gasteiger partial charge in [-0.05, 0) is 17.7 Å². The van der Waals surface area contributed by atoms with Crippen molar-refractivity contribution in [3.63, 3.8) is 0 Å². The number of amides is 1. The van der Waals surface area contributed by atoms with Crippen LogP contribution in [0.15, 0.2) is 18.2 Å². The summed E-state index contributed by atoms with van der Waals surface area (Å²) in [5.74, 6) is 0.658. The Balaban J connectivity index is 0.000000211. The van der Waals surface area contributed by atoms with Crippen LogP contribution in [0.25, 0.3) is 0 Å². The number of hydrogen-bond donors (Lipinski definition) is 2. The lowest BCUT2D eigenvalue weighted by Crippen LogP contribution is -2.48. The Morgan fingerprint density at radius 1 is 1.33 bits per heavy atom. The van der Waals surface area contributed by atoms with Crippen molar-refractivity contribution in [2.75, 3.05) is 26.3 Å². The van der Waals surface area contributed by atoms with E-state index in [2.05, 4.69) is 18.1 Å².